The predicted molar refractivity (Wildman–Crippen MR) is 65.1 cm³/mol. The molecule has 0 aromatic carbocycles. The molecule has 0 aromatic rings. The van der Waals surface area contributed by atoms with Crippen molar-refractivity contribution in [2.75, 3.05) is 0 Å². The summed E-state index contributed by atoms with van der Waals surface area (Å²) < 4.78 is 14.4. The number of carbonyl (C=O) groups excluding carboxylic acids is 1. The Morgan fingerprint density at radius 1 is 1.50 bits per heavy atom. The molecule has 2 heteroatoms. The fourth-order valence-corrected chi connectivity index (χ4v) is 3.03. The van der Waals surface area contributed by atoms with E-state index in [-0.39, 0.29) is 5.78 Å². The molecule has 1 nitrogen and oxygen atoms in total. The molecule has 1 aliphatic carbocycles. The zero-order valence-electron chi connectivity index (χ0n) is 11.1. The zero-order chi connectivity index (χ0) is 12.3. The average molecular weight is 228 g/mol. The summed E-state index contributed by atoms with van der Waals surface area (Å²) in [6.45, 7) is 7.86. The molecule has 4 atom stereocenters. The Hall–Kier alpha value is -0.400. The lowest BCUT2D eigenvalue weighted by Crippen LogP contribution is -2.40. The molecule has 0 radical (unpaired) electrons. The van der Waals surface area contributed by atoms with Gasteiger partial charge < -0.3 is 0 Å². The lowest BCUT2D eigenvalue weighted by molar-refractivity contribution is -0.133. The first-order chi connectivity index (χ1) is 7.37. The summed E-state index contributed by atoms with van der Waals surface area (Å²) in [5, 5.41) is 0. The molecule has 94 valence electrons. The molecule has 0 bridgehead atoms. The summed E-state index contributed by atoms with van der Waals surface area (Å²) in [5.41, 5.74) is -1.53. The standard InChI is InChI=1S/C14H25FO/c1-5-10(2)6-13-7-11(3)8-14(15,9-13)12(4)16/h10-11,13H,5-9H2,1-4H3. The van der Waals surface area contributed by atoms with Crippen molar-refractivity contribution in [2.45, 2.75) is 65.5 Å². The van der Waals surface area contributed by atoms with Crippen molar-refractivity contribution in [3.05, 3.63) is 0 Å². The predicted octanol–water partition coefficient (Wildman–Crippen LogP) is 4.16. The quantitative estimate of drug-likeness (QED) is 0.706. The first-order valence-electron chi connectivity index (χ1n) is 6.57. The van der Waals surface area contributed by atoms with Gasteiger partial charge in [-0.05, 0) is 50.4 Å². The maximum atomic E-state index is 14.4. The van der Waals surface area contributed by atoms with Crippen molar-refractivity contribution in [3.63, 3.8) is 0 Å². The van der Waals surface area contributed by atoms with Gasteiger partial charge in [0.1, 0.15) is 0 Å². The van der Waals surface area contributed by atoms with Crippen molar-refractivity contribution < 1.29 is 9.18 Å². The highest BCUT2D eigenvalue weighted by molar-refractivity contribution is 5.84. The van der Waals surface area contributed by atoms with Gasteiger partial charge >= 0.3 is 0 Å². The number of ketones is 1. The van der Waals surface area contributed by atoms with Gasteiger partial charge in [-0.15, -0.1) is 0 Å². The Morgan fingerprint density at radius 3 is 2.62 bits per heavy atom. The van der Waals surface area contributed by atoms with Crippen molar-refractivity contribution in [3.8, 4) is 0 Å². The second-order valence-corrected chi connectivity index (χ2v) is 5.89. The van der Waals surface area contributed by atoms with E-state index in [0.717, 1.165) is 19.3 Å². The van der Waals surface area contributed by atoms with Crippen LogP contribution >= 0.6 is 0 Å². The minimum absolute atomic E-state index is 0.270. The lowest BCUT2D eigenvalue weighted by atomic mass is 9.70. The third kappa shape index (κ3) is 3.29. The number of halogens is 1. The van der Waals surface area contributed by atoms with Crippen LogP contribution in [0.2, 0.25) is 0 Å². The highest BCUT2D eigenvalue weighted by atomic mass is 19.1. The van der Waals surface area contributed by atoms with E-state index in [0.29, 0.717) is 30.6 Å². The second kappa shape index (κ2) is 5.29. The number of hydrogen-bond donors (Lipinski definition) is 0. The Kier molecular flexibility index (Phi) is 4.52. The largest absolute Gasteiger partial charge is 0.296 e. The summed E-state index contributed by atoms with van der Waals surface area (Å²) in [6.07, 6.45) is 4.18. The van der Waals surface area contributed by atoms with Crippen molar-refractivity contribution in [2.24, 2.45) is 17.8 Å². The van der Waals surface area contributed by atoms with Crippen LogP contribution in [-0.4, -0.2) is 11.5 Å². The minimum Gasteiger partial charge on any atom is -0.296 e. The summed E-state index contributed by atoms with van der Waals surface area (Å²) in [4.78, 5) is 11.4. The Balaban J connectivity index is 2.64. The molecule has 1 saturated carbocycles. The summed E-state index contributed by atoms with van der Waals surface area (Å²) in [7, 11) is 0. The molecule has 0 aliphatic heterocycles. The van der Waals surface area contributed by atoms with Gasteiger partial charge in [-0.2, -0.15) is 0 Å². The highest BCUT2D eigenvalue weighted by Gasteiger charge is 2.43. The first-order valence-corrected chi connectivity index (χ1v) is 6.57. The third-order valence-electron chi connectivity index (χ3n) is 4.08. The van der Waals surface area contributed by atoms with Gasteiger partial charge in [-0.3, -0.25) is 4.79 Å². The molecule has 0 aromatic heterocycles. The van der Waals surface area contributed by atoms with Crippen LogP contribution in [0.3, 0.4) is 0 Å². The molecule has 0 heterocycles. The van der Waals surface area contributed by atoms with E-state index >= 15 is 0 Å². The van der Waals surface area contributed by atoms with Crippen LogP contribution in [0.15, 0.2) is 0 Å². The maximum absolute atomic E-state index is 14.4. The van der Waals surface area contributed by atoms with Gasteiger partial charge in [-0.25, -0.2) is 4.39 Å². The summed E-state index contributed by atoms with van der Waals surface area (Å²) >= 11 is 0. The van der Waals surface area contributed by atoms with Gasteiger partial charge in [-0.1, -0.05) is 27.2 Å². The third-order valence-corrected chi connectivity index (χ3v) is 4.08. The van der Waals surface area contributed by atoms with E-state index in [9.17, 15) is 9.18 Å². The molecule has 1 fully saturated rings. The fraction of sp³-hybridized carbons (Fsp3) is 0.929. The summed E-state index contributed by atoms with van der Waals surface area (Å²) in [6, 6.07) is 0. The van der Waals surface area contributed by atoms with Crippen LogP contribution in [0, 0.1) is 17.8 Å². The van der Waals surface area contributed by atoms with Gasteiger partial charge in [0.25, 0.3) is 0 Å². The molecule has 1 rings (SSSR count). The Morgan fingerprint density at radius 2 is 2.12 bits per heavy atom. The van der Waals surface area contributed by atoms with Crippen LogP contribution in [0.25, 0.3) is 0 Å². The van der Waals surface area contributed by atoms with E-state index in [4.69, 9.17) is 0 Å². The number of rotatable bonds is 4. The number of hydrogen-bond acceptors (Lipinski definition) is 1. The number of Topliss-reactive ketones (excluding diaryl/α,β-unsaturated/α-hetero) is 1. The van der Waals surface area contributed by atoms with Gasteiger partial charge in [0.15, 0.2) is 11.5 Å². The van der Waals surface area contributed by atoms with E-state index < -0.39 is 5.67 Å². The van der Waals surface area contributed by atoms with E-state index in [1.165, 1.54) is 6.92 Å². The van der Waals surface area contributed by atoms with Crippen LogP contribution in [-0.2, 0) is 4.79 Å². The first kappa shape index (κ1) is 13.7. The fourth-order valence-electron chi connectivity index (χ4n) is 3.03. The Bertz CT molecular complexity index is 251. The molecule has 16 heavy (non-hydrogen) atoms. The van der Waals surface area contributed by atoms with Crippen molar-refractivity contribution in [1.82, 2.24) is 0 Å². The molecule has 0 N–H and O–H groups in total. The zero-order valence-corrected chi connectivity index (χ0v) is 11.1. The second-order valence-electron chi connectivity index (χ2n) is 5.89. The molecule has 0 saturated heterocycles. The number of carbonyl (C=O) groups is 1. The van der Waals surface area contributed by atoms with Gasteiger partial charge in [0.05, 0.1) is 0 Å². The van der Waals surface area contributed by atoms with E-state index in [1.807, 2.05) is 0 Å². The van der Waals surface area contributed by atoms with Crippen LogP contribution in [0.1, 0.15) is 59.8 Å². The molecule has 4 unspecified atom stereocenters. The van der Waals surface area contributed by atoms with Gasteiger partial charge in [0.2, 0.25) is 0 Å². The van der Waals surface area contributed by atoms with Crippen LogP contribution in [0.5, 0.6) is 0 Å². The SMILES string of the molecule is CCC(C)CC1CC(C)CC(F)(C(C)=O)C1. The molecule has 1 aliphatic rings. The monoisotopic (exact) mass is 228 g/mol. The van der Waals surface area contributed by atoms with Crippen molar-refractivity contribution in [1.29, 1.82) is 0 Å². The van der Waals surface area contributed by atoms with Crippen molar-refractivity contribution >= 4 is 5.78 Å². The average Bonchev–Trinajstić information content (AvgIpc) is 2.15. The smallest absolute Gasteiger partial charge is 0.169 e. The van der Waals surface area contributed by atoms with E-state index in [1.54, 1.807) is 0 Å². The molecular weight excluding hydrogens is 203 g/mol. The van der Waals surface area contributed by atoms with E-state index in [2.05, 4.69) is 20.8 Å². The van der Waals surface area contributed by atoms with Gasteiger partial charge in [0, 0.05) is 0 Å². The van der Waals surface area contributed by atoms with Crippen LogP contribution < -0.4 is 0 Å². The lowest BCUT2D eigenvalue weighted by Gasteiger charge is -2.37. The highest BCUT2D eigenvalue weighted by Crippen LogP contribution is 2.42. The maximum Gasteiger partial charge on any atom is 0.169 e. The minimum atomic E-state index is -1.53. The number of alkyl halides is 1. The topological polar surface area (TPSA) is 17.1 Å². The van der Waals surface area contributed by atoms with Crippen LogP contribution in [0.4, 0.5) is 4.39 Å². The molecular formula is C14H25FO. The molecule has 0 spiro atoms. The Labute approximate surface area is 98.8 Å². The summed E-state index contributed by atoms with van der Waals surface area (Å²) in [5.74, 6) is 1.11. The normalized spacial score (nSPS) is 37.1. The molecule has 0 amide bonds.